The minimum atomic E-state index is -2.59. The van der Waals surface area contributed by atoms with E-state index in [4.69, 9.17) is 5.73 Å². The van der Waals surface area contributed by atoms with Crippen LogP contribution in [0.1, 0.15) is 28.8 Å². The van der Waals surface area contributed by atoms with Crippen LogP contribution >= 0.6 is 0 Å². The summed E-state index contributed by atoms with van der Waals surface area (Å²) in [6.45, 7) is 0. The van der Waals surface area contributed by atoms with Crippen molar-refractivity contribution in [2.24, 2.45) is 29.4 Å². The van der Waals surface area contributed by atoms with Crippen molar-refractivity contribution < 1.29 is 34.2 Å². The predicted molar refractivity (Wildman–Crippen MR) is 88.5 cm³/mol. The molecule has 0 bridgehead atoms. The zero-order chi connectivity index (χ0) is 19.7. The smallest absolute Gasteiger partial charge is 0.235 e. The molecule has 140 valence electrons. The van der Waals surface area contributed by atoms with E-state index in [0.29, 0.717) is 12.0 Å². The fraction of sp³-hybridized carbons (Fsp3) is 0.421. The highest BCUT2D eigenvalue weighted by Gasteiger charge is 2.65. The van der Waals surface area contributed by atoms with E-state index in [0.717, 1.165) is 0 Å². The van der Waals surface area contributed by atoms with Crippen molar-refractivity contribution in [3.63, 3.8) is 0 Å². The van der Waals surface area contributed by atoms with Crippen molar-refractivity contribution >= 4 is 29.0 Å². The van der Waals surface area contributed by atoms with E-state index in [-0.39, 0.29) is 24.2 Å². The van der Waals surface area contributed by atoms with Gasteiger partial charge >= 0.3 is 0 Å². The molecule has 1 aromatic rings. The maximum atomic E-state index is 13.1. The van der Waals surface area contributed by atoms with E-state index in [1.165, 1.54) is 6.07 Å². The van der Waals surface area contributed by atoms with Crippen LogP contribution in [-0.4, -0.2) is 44.9 Å². The van der Waals surface area contributed by atoms with E-state index in [2.05, 4.69) is 0 Å². The molecule has 5 atom stereocenters. The molecule has 0 heterocycles. The molecule has 8 heteroatoms. The van der Waals surface area contributed by atoms with E-state index in [9.17, 15) is 34.2 Å². The van der Waals surface area contributed by atoms with Gasteiger partial charge in [-0.2, -0.15) is 0 Å². The number of Topliss-reactive ketones (excluding diaryl/α,β-unsaturated/α-hetero) is 4. The maximum Gasteiger partial charge on any atom is 0.235 e. The van der Waals surface area contributed by atoms with Crippen LogP contribution in [0, 0.1) is 23.7 Å². The number of amides is 1. The molecule has 0 aromatic heterocycles. The summed E-state index contributed by atoms with van der Waals surface area (Å²) >= 11 is 0. The molecule has 2 unspecified atom stereocenters. The van der Waals surface area contributed by atoms with E-state index < -0.39 is 58.3 Å². The lowest BCUT2D eigenvalue weighted by molar-refractivity contribution is -0.175. The summed E-state index contributed by atoms with van der Waals surface area (Å²) in [5, 5.41) is 21.0. The second kappa shape index (κ2) is 5.56. The molecule has 4 rings (SSSR count). The summed E-state index contributed by atoms with van der Waals surface area (Å²) < 4.78 is 0. The highest BCUT2D eigenvalue weighted by atomic mass is 16.3. The van der Waals surface area contributed by atoms with Gasteiger partial charge in [-0.15, -0.1) is 0 Å². The molecule has 0 radical (unpaired) electrons. The number of hydrogen-bond donors (Lipinski definition) is 3. The monoisotopic (exact) mass is 371 g/mol. The average Bonchev–Trinajstić information content (AvgIpc) is 2.57. The van der Waals surface area contributed by atoms with Crippen LogP contribution in [-0.2, 0) is 25.6 Å². The van der Waals surface area contributed by atoms with Gasteiger partial charge in [0.1, 0.15) is 5.75 Å². The summed E-state index contributed by atoms with van der Waals surface area (Å²) in [6.07, 6.45) is 0.0860. The van der Waals surface area contributed by atoms with E-state index >= 15 is 0 Å². The first-order valence-electron chi connectivity index (χ1n) is 8.66. The Kier molecular flexibility index (Phi) is 3.61. The molecular weight excluding hydrogens is 354 g/mol. The van der Waals surface area contributed by atoms with Crippen LogP contribution in [0.2, 0.25) is 0 Å². The van der Waals surface area contributed by atoms with Crippen molar-refractivity contribution in [3.05, 3.63) is 29.3 Å². The number of hydrogen-bond acceptors (Lipinski definition) is 7. The summed E-state index contributed by atoms with van der Waals surface area (Å²) in [5.41, 5.74) is 3.12. The number of aromatic hydroxyl groups is 1. The predicted octanol–water partition coefficient (Wildman–Crippen LogP) is -0.673. The lowest BCUT2D eigenvalue weighted by atomic mass is 9.54. The highest BCUT2D eigenvalue weighted by molar-refractivity contribution is 6.31. The molecule has 4 N–H and O–H groups in total. The first kappa shape index (κ1) is 17.5. The van der Waals surface area contributed by atoms with Gasteiger partial charge in [-0.25, -0.2) is 0 Å². The number of primary amides is 1. The molecule has 2 fully saturated rings. The number of rotatable bonds is 1. The second-order valence-electron chi connectivity index (χ2n) is 7.55. The number of phenolic OH excluding ortho intramolecular Hbond substituents is 1. The Morgan fingerprint density at radius 3 is 2.48 bits per heavy atom. The van der Waals surface area contributed by atoms with Gasteiger partial charge in [-0.3, -0.25) is 24.0 Å². The van der Waals surface area contributed by atoms with Crippen molar-refractivity contribution in [2.45, 2.75) is 24.9 Å². The van der Waals surface area contributed by atoms with Gasteiger partial charge in [0.15, 0.2) is 34.7 Å². The van der Waals surface area contributed by atoms with Crippen LogP contribution in [0.25, 0.3) is 0 Å². The largest absolute Gasteiger partial charge is 0.507 e. The van der Waals surface area contributed by atoms with Crippen molar-refractivity contribution in [3.8, 4) is 5.75 Å². The van der Waals surface area contributed by atoms with Crippen LogP contribution < -0.4 is 5.73 Å². The number of carbonyl (C=O) groups excluding carboxylic acids is 5. The third-order valence-electron chi connectivity index (χ3n) is 6.14. The zero-order valence-corrected chi connectivity index (χ0v) is 14.2. The van der Waals surface area contributed by atoms with Crippen molar-refractivity contribution in [1.29, 1.82) is 0 Å². The van der Waals surface area contributed by atoms with Gasteiger partial charge in [0.2, 0.25) is 5.91 Å². The first-order chi connectivity index (χ1) is 12.7. The van der Waals surface area contributed by atoms with Gasteiger partial charge in [0, 0.05) is 12.3 Å². The summed E-state index contributed by atoms with van der Waals surface area (Å²) in [5.74, 6) is -9.78. The number of nitrogens with two attached hydrogens (primary N) is 1. The Bertz CT molecular complexity index is 936. The molecule has 8 nitrogen and oxygen atoms in total. The SMILES string of the molecule is NC(=O)C1C(=O)C[C@@H]2C[C@@H]3Cc4cccc(O)c4C(=O)C3C(=O)[C@]2(O)C1=O. The Labute approximate surface area is 153 Å². The normalized spacial score (nSPS) is 35.3. The van der Waals surface area contributed by atoms with Crippen molar-refractivity contribution in [1.82, 2.24) is 0 Å². The fourth-order valence-electron chi connectivity index (χ4n) is 4.91. The Morgan fingerprint density at radius 2 is 1.81 bits per heavy atom. The molecule has 2 saturated carbocycles. The van der Waals surface area contributed by atoms with Crippen molar-refractivity contribution in [2.75, 3.05) is 0 Å². The molecular formula is C19H17NO7. The third kappa shape index (κ3) is 2.16. The quantitative estimate of drug-likeness (QED) is 0.553. The van der Waals surface area contributed by atoms with E-state index in [1.807, 2.05) is 0 Å². The molecule has 0 spiro atoms. The Morgan fingerprint density at radius 1 is 1.11 bits per heavy atom. The van der Waals surface area contributed by atoms with Gasteiger partial charge in [0.05, 0.1) is 11.5 Å². The minimum Gasteiger partial charge on any atom is -0.507 e. The Balaban J connectivity index is 1.81. The van der Waals surface area contributed by atoms with Gasteiger partial charge in [0.25, 0.3) is 0 Å². The second-order valence-corrected chi connectivity index (χ2v) is 7.55. The third-order valence-corrected chi connectivity index (χ3v) is 6.14. The lowest BCUT2D eigenvalue weighted by Crippen LogP contribution is -2.68. The molecule has 27 heavy (non-hydrogen) atoms. The fourth-order valence-corrected chi connectivity index (χ4v) is 4.91. The van der Waals surface area contributed by atoms with Gasteiger partial charge in [-0.05, 0) is 30.4 Å². The summed E-state index contributed by atoms with van der Waals surface area (Å²) in [4.78, 5) is 62.4. The topological polar surface area (TPSA) is 152 Å². The number of carbonyl (C=O) groups is 5. The van der Waals surface area contributed by atoms with Crippen LogP contribution in [0.3, 0.4) is 0 Å². The molecule has 0 saturated heterocycles. The molecule has 3 aliphatic rings. The number of aliphatic hydroxyl groups is 1. The summed E-state index contributed by atoms with van der Waals surface area (Å²) in [6, 6.07) is 4.60. The molecule has 0 aliphatic heterocycles. The van der Waals surface area contributed by atoms with Gasteiger partial charge in [-0.1, -0.05) is 12.1 Å². The zero-order valence-electron chi connectivity index (χ0n) is 14.2. The number of ketones is 4. The van der Waals surface area contributed by atoms with Gasteiger partial charge < -0.3 is 15.9 Å². The highest BCUT2D eigenvalue weighted by Crippen LogP contribution is 2.49. The van der Waals surface area contributed by atoms with E-state index in [1.54, 1.807) is 12.1 Å². The number of phenols is 1. The standard InChI is InChI=1S/C19H17NO7/c20-18(26)14-11(22)6-9-5-8-4-7-2-1-3-10(21)12(7)15(23)13(8)16(24)19(9,27)17(14)25/h1-3,8-9,13-14,21,27H,4-6H2,(H2,20,26)/t8-,9-,13?,14?,19-/m0/s1. The Hall–Kier alpha value is -2.87. The molecule has 1 amide bonds. The first-order valence-corrected chi connectivity index (χ1v) is 8.66. The minimum absolute atomic E-state index is 0.0138. The van der Waals surface area contributed by atoms with Crippen LogP contribution in [0.15, 0.2) is 18.2 Å². The maximum absolute atomic E-state index is 13.1. The average molecular weight is 371 g/mol. The van der Waals surface area contributed by atoms with Crippen LogP contribution in [0.5, 0.6) is 5.75 Å². The lowest BCUT2D eigenvalue weighted by Gasteiger charge is -2.48. The number of fused-ring (bicyclic) bond motifs is 3. The number of benzene rings is 1. The van der Waals surface area contributed by atoms with Crippen LogP contribution in [0.4, 0.5) is 0 Å². The molecule has 1 aromatic carbocycles. The summed E-state index contributed by atoms with van der Waals surface area (Å²) in [7, 11) is 0. The molecule has 3 aliphatic carbocycles.